The molecule has 2 aromatic rings. The van der Waals surface area contributed by atoms with Crippen LogP contribution in [0.3, 0.4) is 0 Å². The van der Waals surface area contributed by atoms with Crippen LogP contribution in [0.15, 0.2) is 48.5 Å². The molecule has 0 aliphatic rings. The first-order valence-corrected chi connectivity index (χ1v) is 10.2. The van der Waals surface area contributed by atoms with Crippen molar-refractivity contribution < 1.29 is 14.6 Å². The molecule has 0 aliphatic heterocycles. The van der Waals surface area contributed by atoms with Gasteiger partial charge in [-0.25, -0.2) is 4.79 Å². The number of carbonyl (C=O) groups excluding carboxylic acids is 1. The van der Waals surface area contributed by atoms with Crippen molar-refractivity contribution in [1.82, 2.24) is 4.90 Å². The summed E-state index contributed by atoms with van der Waals surface area (Å²) in [5.41, 5.74) is 1.65. The van der Waals surface area contributed by atoms with Gasteiger partial charge in [-0.3, -0.25) is 5.32 Å². The van der Waals surface area contributed by atoms with Crippen LogP contribution >= 0.6 is 0 Å². The number of nitrogens with one attached hydrogen (secondary N) is 1. The summed E-state index contributed by atoms with van der Waals surface area (Å²) in [6.07, 6.45) is 0.0145. The Hall–Kier alpha value is -2.37. The quantitative estimate of drug-likeness (QED) is 0.640. The van der Waals surface area contributed by atoms with E-state index in [-0.39, 0.29) is 5.92 Å². The highest BCUT2D eigenvalue weighted by Gasteiger charge is 2.34. The number of benzene rings is 2. The second kappa shape index (κ2) is 9.90. The third-order valence-corrected chi connectivity index (χ3v) is 5.36. The SMILES string of the molecule is CCC(O)(c1cccc(OC(=O)Nc2ccc(C(C)C)cc2)c1)C(C)CN(C)C. The fourth-order valence-electron chi connectivity index (χ4n) is 3.57. The second-order valence-corrected chi connectivity index (χ2v) is 8.26. The maximum absolute atomic E-state index is 12.3. The molecular formula is C24H34N2O3. The lowest BCUT2D eigenvalue weighted by Gasteiger charge is -2.35. The Kier molecular flexibility index (Phi) is 7.82. The van der Waals surface area contributed by atoms with Crippen molar-refractivity contribution in [2.45, 2.75) is 45.6 Å². The van der Waals surface area contributed by atoms with Crippen LogP contribution in [0.1, 0.15) is 51.2 Å². The highest BCUT2D eigenvalue weighted by molar-refractivity contribution is 5.86. The van der Waals surface area contributed by atoms with Gasteiger partial charge in [0.25, 0.3) is 0 Å². The Morgan fingerprint density at radius 2 is 1.79 bits per heavy atom. The number of aliphatic hydroxyl groups is 1. The summed E-state index contributed by atoms with van der Waals surface area (Å²) in [4.78, 5) is 14.4. The fraction of sp³-hybridized carbons (Fsp3) is 0.458. The van der Waals surface area contributed by atoms with Gasteiger partial charge in [-0.15, -0.1) is 0 Å². The monoisotopic (exact) mass is 398 g/mol. The number of ether oxygens (including phenoxy) is 1. The van der Waals surface area contributed by atoms with Crippen LogP contribution < -0.4 is 10.1 Å². The molecule has 2 aromatic carbocycles. The summed E-state index contributed by atoms with van der Waals surface area (Å²) in [5.74, 6) is 0.861. The molecule has 0 spiro atoms. The van der Waals surface area contributed by atoms with Crippen molar-refractivity contribution in [3.05, 3.63) is 59.7 Å². The molecule has 0 aromatic heterocycles. The van der Waals surface area contributed by atoms with Gasteiger partial charge in [-0.05, 0) is 61.8 Å². The van der Waals surface area contributed by atoms with E-state index in [4.69, 9.17) is 4.74 Å². The molecule has 0 bridgehead atoms. The first-order valence-electron chi connectivity index (χ1n) is 10.2. The number of nitrogens with zero attached hydrogens (tertiary/aromatic N) is 1. The number of anilines is 1. The number of amides is 1. The van der Waals surface area contributed by atoms with Crippen LogP contribution in [-0.2, 0) is 5.60 Å². The molecule has 2 N–H and O–H groups in total. The summed E-state index contributed by atoms with van der Waals surface area (Å²) in [7, 11) is 3.98. The minimum absolute atomic E-state index is 0.0195. The van der Waals surface area contributed by atoms with E-state index in [9.17, 15) is 9.90 Å². The van der Waals surface area contributed by atoms with Crippen molar-refractivity contribution in [3.8, 4) is 5.75 Å². The fourth-order valence-corrected chi connectivity index (χ4v) is 3.57. The molecular weight excluding hydrogens is 364 g/mol. The van der Waals surface area contributed by atoms with Crippen molar-refractivity contribution in [1.29, 1.82) is 0 Å². The molecule has 2 unspecified atom stereocenters. The van der Waals surface area contributed by atoms with Crippen LogP contribution in [0.4, 0.5) is 10.5 Å². The molecule has 158 valence electrons. The van der Waals surface area contributed by atoms with Gasteiger partial charge in [-0.1, -0.05) is 52.0 Å². The van der Waals surface area contributed by atoms with E-state index >= 15 is 0 Å². The number of hydrogen-bond donors (Lipinski definition) is 2. The highest BCUT2D eigenvalue weighted by atomic mass is 16.6. The van der Waals surface area contributed by atoms with E-state index in [2.05, 4.69) is 24.1 Å². The largest absolute Gasteiger partial charge is 0.417 e. The average Bonchev–Trinajstić information content (AvgIpc) is 2.67. The van der Waals surface area contributed by atoms with Crippen molar-refractivity contribution in [3.63, 3.8) is 0 Å². The van der Waals surface area contributed by atoms with Crippen molar-refractivity contribution >= 4 is 11.8 Å². The van der Waals surface area contributed by atoms with E-state index in [1.54, 1.807) is 18.2 Å². The lowest BCUT2D eigenvalue weighted by Crippen LogP contribution is -2.38. The maximum Gasteiger partial charge on any atom is 0.417 e. The van der Waals surface area contributed by atoms with E-state index in [0.29, 0.717) is 23.8 Å². The van der Waals surface area contributed by atoms with Gasteiger partial charge in [0, 0.05) is 18.2 Å². The van der Waals surface area contributed by atoms with Crippen LogP contribution in [0.2, 0.25) is 0 Å². The van der Waals surface area contributed by atoms with E-state index < -0.39 is 11.7 Å². The lowest BCUT2D eigenvalue weighted by atomic mass is 9.80. The van der Waals surface area contributed by atoms with Gasteiger partial charge < -0.3 is 14.7 Å². The summed E-state index contributed by atoms with van der Waals surface area (Å²) < 4.78 is 5.47. The molecule has 0 aliphatic carbocycles. The van der Waals surface area contributed by atoms with E-state index in [1.807, 2.05) is 58.3 Å². The second-order valence-electron chi connectivity index (χ2n) is 8.26. The first kappa shape index (κ1) is 22.9. The lowest BCUT2D eigenvalue weighted by molar-refractivity contribution is -0.0293. The summed E-state index contributed by atoms with van der Waals surface area (Å²) in [5, 5.41) is 14.0. The predicted octanol–water partition coefficient (Wildman–Crippen LogP) is 5.22. The third-order valence-electron chi connectivity index (χ3n) is 5.36. The first-order chi connectivity index (χ1) is 13.7. The Bertz CT molecular complexity index is 802. The average molecular weight is 399 g/mol. The van der Waals surface area contributed by atoms with Gasteiger partial charge in [0.2, 0.25) is 0 Å². The van der Waals surface area contributed by atoms with Crippen LogP contribution in [0.25, 0.3) is 0 Å². The standard InChI is InChI=1S/C24H34N2O3/c1-7-24(28,18(4)16-26(5)6)20-9-8-10-22(15-20)29-23(27)25-21-13-11-19(12-14-21)17(2)3/h8-15,17-18,28H,7,16H2,1-6H3,(H,25,27). The maximum atomic E-state index is 12.3. The zero-order valence-electron chi connectivity index (χ0n) is 18.4. The molecule has 0 saturated heterocycles. The van der Waals surface area contributed by atoms with Gasteiger partial charge >= 0.3 is 6.09 Å². The minimum Gasteiger partial charge on any atom is -0.410 e. The van der Waals surface area contributed by atoms with Crippen LogP contribution in [0, 0.1) is 5.92 Å². The minimum atomic E-state index is -0.993. The topological polar surface area (TPSA) is 61.8 Å². The smallest absolute Gasteiger partial charge is 0.410 e. The molecule has 1 amide bonds. The molecule has 0 fully saturated rings. The zero-order valence-corrected chi connectivity index (χ0v) is 18.4. The Balaban J connectivity index is 2.11. The number of carbonyl (C=O) groups is 1. The molecule has 0 radical (unpaired) electrons. The molecule has 0 heterocycles. The highest BCUT2D eigenvalue weighted by Crippen LogP contribution is 2.35. The number of rotatable bonds is 8. The predicted molar refractivity (Wildman–Crippen MR) is 119 cm³/mol. The third kappa shape index (κ3) is 6.05. The van der Waals surface area contributed by atoms with Gasteiger partial charge in [0.1, 0.15) is 5.75 Å². The normalized spacial score (nSPS) is 14.5. The van der Waals surface area contributed by atoms with Crippen LogP contribution in [-0.4, -0.2) is 36.7 Å². The van der Waals surface area contributed by atoms with Gasteiger partial charge in [0.05, 0.1) is 5.60 Å². The van der Waals surface area contributed by atoms with Crippen molar-refractivity contribution in [2.75, 3.05) is 26.0 Å². The molecule has 0 saturated carbocycles. The number of hydrogen-bond acceptors (Lipinski definition) is 4. The van der Waals surface area contributed by atoms with Crippen LogP contribution in [0.5, 0.6) is 5.75 Å². The summed E-state index contributed by atoms with van der Waals surface area (Å²) in [6, 6.07) is 14.9. The summed E-state index contributed by atoms with van der Waals surface area (Å²) in [6.45, 7) is 9.00. The molecule has 5 nitrogen and oxygen atoms in total. The van der Waals surface area contributed by atoms with Gasteiger partial charge in [0.15, 0.2) is 0 Å². The molecule has 2 atom stereocenters. The molecule has 29 heavy (non-hydrogen) atoms. The molecule has 2 rings (SSSR count). The van der Waals surface area contributed by atoms with E-state index in [0.717, 1.165) is 12.1 Å². The Morgan fingerprint density at radius 1 is 1.14 bits per heavy atom. The summed E-state index contributed by atoms with van der Waals surface area (Å²) >= 11 is 0. The Labute approximate surface area is 174 Å². The zero-order chi connectivity index (χ0) is 21.6. The molecule has 5 heteroatoms. The van der Waals surface area contributed by atoms with Crippen molar-refractivity contribution in [2.24, 2.45) is 5.92 Å². The van der Waals surface area contributed by atoms with E-state index in [1.165, 1.54) is 5.56 Å². The Morgan fingerprint density at radius 3 is 2.34 bits per heavy atom. The van der Waals surface area contributed by atoms with Gasteiger partial charge in [-0.2, -0.15) is 0 Å².